The van der Waals surface area contributed by atoms with Crippen molar-refractivity contribution in [2.75, 3.05) is 0 Å². The van der Waals surface area contributed by atoms with E-state index in [4.69, 9.17) is 4.52 Å². The third kappa shape index (κ3) is 1.22. The Bertz CT molecular complexity index is 1000. The van der Waals surface area contributed by atoms with Crippen molar-refractivity contribution in [2.24, 2.45) is 21.1 Å². The molecular weight excluding hydrogens is 252 g/mol. The Morgan fingerprint density at radius 1 is 1.00 bits per heavy atom. The molecule has 0 aliphatic heterocycles. The monoisotopic (exact) mass is 262 g/mol. The highest BCUT2D eigenvalue weighted by molar-refractivity contribution is 6.00. The van der Waals surface area contributed by atoms with Crippen LogP contribution in [0.3, 0.4) is 0 Å². The zero-order chi connectivity index (χ0) is 13.9. The standard InChI is InChI=1S/C11H10N4O4/c1-13-8-6(7-5(9(13)16)4-19-12-7)10(17)15(3)11(18)14(8)2/h4H,1-3H3. The summed E-state index contributed by atoms with van der Waals surface area (Å²) < 4.78 is 8.24. The molecule has 0 saturated heterocycles. The number of fused-ring (bicyclic) bond motifs is 3. The van der Waals surface area contributed by atoms with Crippen LogP contribution in [0.2, 0.25) is 0 Å². The van der Waals surface area contributed by atoms with Crippen molar-refractivity contribution in [3.05, 3.63) is 37.5 Å². The van der Waals surface area contributed by atoms with Gasteiger partial charge in [0.15, 0.2) is 0 Å². The Balaban J connectivity index is 2.91. The summed E-state index contributed by atoms with van der Waals surface area (Å²) in [5.74, 6) is 0. The van der Waals surface area contributed by atoms with Crippen molar-refractivity contribution >= 4 is 21.9 Å². The number of rotatable bonds is 0. The van der Waals surface area contributed by atoms with Crippen molar-refractivity contribution in [1.82, 2.24) is 18.9 Å². The Kier molecular flexibility index (Phi) is 2.07. The van der Waals surface area contributed by atoms with Crippen LogP contribution in [0.1, 0.15) is 0 Å². The Morgan fingerprint density at radius 3 is 2.37 bits per heavy atom. The fraction of sp³-hybridized carbons (Fsp3) is 0.273. The number of aromatic nitrogens is 4. The molecule has 0 fully saturated rings. The van der Waals surface area contributed by atoms with Crippen LogP contribution in [-0.4, -0.2) is 18.9 Å². The van der Waals surface area contributed by atoms with E-state index >= 15 is 0 Å². The van der Waals surface area contributed by atoms with Gasteiger partial charge < -0.3 is 4.52 Å². The second-order valence-corrected chi connectivity index (χ2v) is 4.35. The predicted octanol–water partition coefficient (Wildman–Crippen LogP) is -0.923. The largest absolute Gasteiger partial charge is 0.363 e. The molecule has 8 heteroatoms. The highest BCUT2D eigenvalue weighted by atomic mass is 16.5. The average molecular weight is 262 g/mol. The van der Waals surface area contributed by atoms with E-state index in [1.807, 2.05) is 0 Å². The second kappa shape index (κ2) is 3.44. The molecule has 19 heavy (non-hydrogen) atoms. The van der Waals surface area contributed by atoms with E-state index in [0.29, 0.717) is 0 Å². The van der Waals surface area contributed by atoms with Crippen molar-refractivity contribution in [1.29, 1.82) is 0 Å². The van der Waals surface area contributed by atoms with Gasteiger partial charge in [-0.05, 0) is 0 Å². The van der Waals surface area contributed by atoms with Crippen molar-refractivity contribution in [3.8, 4) is 0 Å². The minimum atomic E-state index is -0.507. The molecular formula is C11H10N4O4. The van der Waals surface area contributed by atoms with E-state index in [1.54, 1.807) is 0 Å². The van der Waals surface area contributed by atoms with Crippen molar-refractivity contribution in [2.45, 2.75) is 0 Å². The van der Waals surface area contributed by atoms with E-state index < -0.39 is 11.2 Å². The van der Waals surface area contributed by atoms with E-state index in [1.165, 1.54) is 36.5 Å². The van der Waals surface area contributed by atoms with Gasteiger partial charge in [0.2, 0.25) is 0 Å². The molecule has 0 spiro atoms. The Labute approximate surface area is 105 Å². The van der Waals surface area contributed by atoms with E-state index in [-0.39, 0.29) is 27.5 Å². The van der Waals surface area contributed by atoms with Crippen LogP contribution in [0.4, 0.5) is 0 Å². The molecule has 98 valence electrons. The van der Waals surface area contributed by atoms with Gasteiger partial charge in [0.25, 0.3) is 11.1 Å². The molecule has 0 aliphatic carbocycles. The summed E-state index contributed by atoms with van der Waals surface area (Å²) in [4.78, 5) is 36.2. The fourth-order valence-corrected chi connectivity index (χ4v) is 2.28. The molecule has 0 aromatic carbocycles. The van der Waals surface area contributed by atoms with Crippen LogP contribution in [-0.2, 0) is 21.1 Å². The number of pyridine rings is 1. The maximum atomic E-state index is 12.2. The smallest absolute Gasteiger partial charge is 0.332 e. The van der Waals surface area contributed by atoms with Gasteiger partial charge in [-0.15, -0.1) is 0 Å². The van der Waals surface area contributed by atoms with Crippen molar-refractivity contribution < 1.29 is 4.52 Å². The van der Waals surface area contributed by atoms with Crippen LogP contribution < -0.4 is 16.8 Å². The molecule has 0 amide bonds. The lowest BCUT2D eigenvalue weighted by Crippen LogP contribution is -2.39. The normalized spacial score (nSPS) is 11.5. The van der Waals surface area contributed by atoms with Gasteiger partial charge in [0.05, 0.1) is 0 Å². The van der Waals surface area contributed by atoms with Gasteiger partial charge in [-0.1, -0.05) is 5.16 Å². The van der Waals surface area contributed by atoms with Gasteiger partial charge in [0.1, 0.15) is 28.2 Å². The molecule has 3 aromatic rings. The molecule has 0 N–H and O–H groups in total. The summed E-state index contributed by atoms with van der Waals surface area (Å²) in [6, 6.07) is 0. The van der Waals surface area contributed by atoms with Crippen LogP contribution in [0.25, 0.3) is 21.9 Å². The van der Waals surface area contributed by atoms with Crippen LogP contribution in [0.15, 0.2) is 25.2 Å². The van der Waals surface area contributed by atoms with Gasteiger partial charge in [-0.3, -0.25) is 23.3 Å². The summed E-state index contributed by atoms with van der Waals surface area (Å²) in [7, 11) is 4.37. The first-order chi connectivity index (χ1) is 8.95. The molecule has 0 bridgehead atoms. The Hall–Kier alpha value is -2.64. The average Bonchev–Trinajstić information content (AvgIpc) is 2.87. The van der Waals surface area contributed by atoms with E-state index in [9.17, 15) is 14.4 Å². The summed E-state index contributed by atoms with van der Waals surface area (Å²) >= 11 is 0. The number of hydrogen-bond acceptors (Lipinski definition) is 5. The maximum absolute atomic E-state index is 12.2. The van der Waals surface area contributed by atoms with Crippen LogP contribution in [0.5, 0.6) is 0 Å². The second-order valence-electron chi connectivity index (χ2n) is 4.35. The number of aryl methyl sites for hydroxylation is 2. The molecule has 3 aromatic heterocycles. The fourth-order valence-electron chi connectivity index (χ4n) is 2.28. The molecule has 0 aliphatic rings. The third-order valence-corrected chi connectivity index (χ3v) is 3.29. The first-order valence-corrected chi connectivity index (χ1v) is 5.48. The highest BCUT2D eigenvalue weighted by Crippen LogP contribution is 2.15. The lowest BCUT2D eigenvalue weighted by Gasteiger charge is -2.10. The molecule has 0 atom stereocenters. The van der Waals surface area contributed by atoms with Gasteiger partial charge in [-0.2, -0.15) is 0 Å². The quantitative estimate of drug-likeness (QED) is 0.522. The van der Waals surface area contributed by atoms with Crippen molar-refractivity contribution in [3.63, 3.8) is 0 Å². The SMILES string of the molecule is Cn1c(=O)c2c3nocc3c(=O)n(C)c2n(C)c1=O. The van der Waals surface area contributed by atoms with Crippen LogP contribution in [0, 0.1) is 0 Å². The maximum Gasteiger partial charge on any atom is 0.332 e. The number of hydrogen-bond donors (Lipinski definition) is 0. The molecule has 0 radical (unpaired) electrons. The molecule has 3 heterocycles. The Morgan fingerprint density at radius 2 is 1.68 bits per heavy atom. The zero-order valence-electron chi connectivity index (χ0n) is 10.5. The number of nitrogens with zero attached hydrogens (tertiary/aromatic N) is 4. The summed E-state index contributed by atoms with van der Waals surface area (Å²) in [5, 5.41) is 4.11. The predicted molar refractivity (Wildman–Crippen MR) is 67.2 cm³/mol. The minimum Gasteiger partial charge on any atom is -0.363 e. The molecule has 8 nitrogen and oxygen atoms in total. The van der Waals surface area contributed by atoms with Gasteiger partial charge in [-0.25, -0.2) is 4.79 Å². The zero-order valence-corrected chi connectivity index (χ0v) is 10.5. The molecule has 0 saturated carbocycles. The summed E-state index contributed by atoms with van der Waals surface area (Å²) in [5.41, 5.74) is -0.983. The summed E-state index contributed by atoms with van der Waals surface area (Å²) in [6.07, 6.45) is 1.20. The topological polar surface area (TPSA) is 92.0 Å². The first-order valence-electron chi connectivity index (χ1n) is 5.48. The lowest BCUT2D eigenvalue weighted by atomic mass is 10.2. The minimum absolute atomic E-state index is 0.175. The third-order valence-electron chi connectivity index (χ3n) is 3.29. The van der Waals surface area contributed by atoms with E-state index in [0.717, 1.165) is 4.57 Å². The first kappa shape index (κ1) is 11.5. The van der Waals surface area contributed by atoms with E-state index in [2.05, 4.69) is 5.16 Å². The lowest BCUT2D eigenvalue weighted by molar-refractivity contribution is 0.428. The van der Waals surface area contributed by atoms with Gasteiger partial charge >= 0.3 is 5.69 Å². The molecule has 0 unspecified atom stereocenters. The summed E-state index contributed by atoms with van der Waals surface area (Å²) in [6.45, 7) is 0. The molecule has 3 rings (SSSR count). The van der Waals surface area contributed by atoms with Crippen LogP contribution >= 0.6 is 0 Å². The highest BCUT2D eigenvalue weighted by Gasteiger charge is 2.19. The van der Waals surface area contributed by atoms with Gasteiger partial charge in [0, 0.05) is 21.1 Å².